The van der Waals surface area contributed by atoms with Crippen molar-refractivity contribution in [3.63, 3.8) is 0 Å². The first-order valence-corrected chi connectivity index (χ1v) is 5.01. The van der Waals surface area contributed by atoms with Crippen LogP contribution in [0, 0.1) is 0 Å². The van der Waals surface area contributed by atoms with Gasteiger partial charge in [-0.1, -0.05) is 19.9 Å². The number of alkyl halides is 3. The highest BCUT2D eigenvalue weighted by Gasteiger charge is 2.24. The van der Waals surface area contributed by atoms with Crippen LogP contribution in [0.1, 0.15) is 19.5 Å². The lowest BCUT2D eigenvalue weighted by Gasteiger charge is -2.06. The summed E-state index contributed by atoms with van der Waals surface area (Å²) >= 11 is 0. The summed E-state index contributed by atoms with van der Waals surface area (Å²) in [4.78, 5) is 12.9. The van der Waals surface area contributed by atoms with Gasteiger partial charge in [0, 0.05) is 18.8 Å². The highest BCUT2D eigenvalue weighted by atomic mass is 19.4. The largest absolute Gasteiger partial charge is 0.446 e. The monoisotopic (exact) mass is 248 g/mol. The van der Waals surface area contributed by atoms with Gasteiger partial charge >= 0.3 is 6.18 Å². The zero-order valence-corrected chi connectivity index (χ0v) is 9.66. The van der Waals surface area contributed by atoms with Crippen molar-refractivity contribution in [3.05, 3.63) is 30.1 Å². The van der Waals surface area contributed by atoms with Crippen LogP contribution in [0.3, 0.4) is 0 Å². The maximum Gasteiger partial charge on any atom is 0.446 e. The Bertz CT molecular complexity index is 312. The van der Waals surface area contributed by atoms with Gasteiger partial charge in [0.05, 0.1) is 5.69 Å². The highest BCUT2D eigenvalue weighted by molar-refractivity contribution is 5.56. The first-order valence-electron chi connectivity index (χ1n) is 5.01. The normalized spacial score (nSPS) is 10.7. The van der Waals surface area contributed by atoms with Gasteiger partial charge in [-0.2, -0.15) is 13.2 Å². The van der Waals surface area contributed by atoms with Gasteiger partial charge < -0.3 is 5.32 Å². The molecule has 0 aliphatic heterocycles. The van der Waals surface area contributed by atoms with E-state index in [1.165, 1.54) is 0 Å². The third-order valence-corrected chi connectivity index (χ3v) is 1.55. The van der Waals surface area contributed by atoms with Crippen molar-refractivity contribution in [2.45, 2.75) is 32.6 Å². The highest BCUT2D eigenvalue weighted by Crippen LogP contribution is 2.08. The second-order valence-electron chi connectivity index (χ2n) is 3.52. The van der Waals surface area contributed by atoms with Crippen LogP contribution in [-0.4, -0.2) is 23.5 Å². The second kappa shape index (κ2) is 7.78. The van der Waals surface area contributed by atoms with Gasteiger partial charge in [0.2, 0.25) is 6.29 Å². The minimum absolute atomic E-state index is 0.525. The first-order chi connectivity index (χ1) is 7.85. The Balaban J connectivity index is 0.000000366. The lowest BCUT2D eigenvalue weighted by molar-refractivity contribution is -0.156. The van der Waals surface area contributed by atoms with E-state index in [1.807, 2.05) is 24.4 Å². The summed E-state index contributed by atoms with van der Waals surface area (Å²) in [5, 5.41) is 3.30. The zero-order chi connectivity index (χ0) is 13.3. The van der Waals surface area contributed by atoms with Crippen LogP contribution >= 0.6 is 0 Å². The smallest absolute Gasteiger partial charge is 0.309 e. The quantitative estimate of drug-likeness (QED) is 0.835. The van der Waals surface area contributed by atoms with Crippen molar-refractivity contribution in [2.75, 3.05) is 0 Å². The molecule has 0 spiro atoms. The van der Waals surface area contributed by atoms with E-state index in [-0.39, 0.29) is 0 Å². The number of nitrogens with one attached hydrogen (secondary N) is 1. The SMILES string of the molecule is CC(C)NCc1ccccn1.O=CC(F)(F)F. The van der Waals surface area contributed by atoms with E-state index in [2.05, 4.69) is 24.1 Å². The molecule has 0 fully saturated rings. The van der Waals surface area contributed by atoms with E-state index >= 15 is 0 Å². The molecule has 0 atom stereocenters. The summed E-state index contributed by atoms with van der Waals surface area (Å²) in [6.07, 6.45) is -3.88. The van der Waals surface area contributed by atoms with E-state index in [4.69, 9.17) is 4.79 Å². The van der Waals surface area contributed by atoms with Crippen LogP contribution in [0.5, 0.6) is 0 Å². The summed E-state index contributed by atoms with van der Waals surface area (Å²) in [6.45, 7) is 5.12. The van der Waals surface area contributed by atoms with E-state index in [0.29, 0.717) is 6.04 Å². The van der Waals surface area contributed by atoms with Gasteiger partial charge in [-0.3, -0.25) is 9.78 Å². The van der Waals surface area contributed by atoms with Gasteiger partial charge in [0.25, 0.3) is 0 Å². The maximum absolute atomic E-state index is 10.4. The fourth-order valence-corrected chi connectivity index (χ4v) is 0.811. The van der Waals surface area contributed by atoms with E-state index in [0.717, 1.165) is 12.2 Å². The molecule has 1 heterocycles. The second-order valence-corrected chi connectivity index (χ2v) is 3.52. The van der Waals surface area contributed by atoms with Gasteiger partial charge in [-0.05, 0) is 12.1 Å². The molecule has 0 radical (unpaired) electrons. The number of aldehydes is 1. The Labute approximate surface area is 98.1 Å². The Morgan fingerprint density at radius 3 is 2.35 bits per heavy atom. The summed E-state index contributed by atoms with van der Waals surface area (Å²) in [6, 6.07) is 6.48. The summed E-state index contributed by atoms with van der Waals surface area (Å²) in [7, 11) is 0. The lowest BCUT2D eigenvalue weighted by Crippen LogP contribution is -2.22. The number of hydrogen-bond acceptors (Lipinski definition) is 3. The molecule has 96 valence electrons. The number of carbonyl (C=O) groups excluding carboxylic acids is 1. The molecule has 0 unspecified atom stereocenters. The maximum atomic E-state index is 10.4. The molecule has 1 aromatic heterocycles. The fourth-order valence-electron chi connectivity index (χ4n) is 0.811. The van der Waals surface area contributed by atoms with Crippen LogP contribution < -0.4 is 5.32 Å². The van der Waals surface area contributed by atoms with E-state index < -0.39 is 12.5 Å². The van der Waals surface area contributed by atoms with Crippen molar-refractivity contribution in [2.24, 2.45) is 0 Å². The minimum Gasteiger partial charge on any atom is -0.309 e. The van der Waals surface area contributed by atoms with Crippen molar-refractivity contribution in [3.8, 4) is 0 Å². The van der Waals surface area contributed by atoms with E-state index in [9.17, 15) is 13.2 Å². The van der Waals surface area contributed by atoms with Crippen molar-refractivity contribution < 1.29 is 18.0 Å². The average molecular weight is 248 g/mol. The van der Waals surface area contributed by atoms with Crippen LogP contribution in [0.4, 0.5) is 13.2 Å². The fraction of sp³-hybridized carbons (Fsp3) is 0.455. The minimum atomic E-state index is -4.64. The molecule has 1 rings (SSSR count). The summed E-state index contributed by atoms with van der Waals surface area (Å²) < 4.78 is 31.2. The molecular weight excluding hydrogens is 233 g/mol. The summed E-state index contributed by atoms with van der Waals surface area (Å²) in [5.74, 6) is 0. The molecule has 0 aromatic carbocycles. The van der Waals surface area contributed by atoms with Crippen LogP contribution in [0.25, 0.3) is 0 Å². The third kappa shape index (κ3) is 10.8. The Kier molecular flexibility index (Phi) is 7.13. The molecule has 0 aliphatic rings. The molecule has 3 nitrogen and oxygen atoms in total. The molecule has 0 amide bonds. The number of pyridine rings is 1. The third-order valence-electron chi connectivity index (χ3n) is 1.55. The topological polar surface area (TPSA) is 42.0 Å². The van der Waals surface area contributed by atoms with Gasteiger partial charge in [0.1, 0.15) is 0 Å². The van der Waals surface area contributed by atoms with Crippen LogP contribution in [0.15, 0.2) is 24.4 Å². The number of hydrogen-bond donors (Lipinski definition) is 1. The molecule has 6 heteroatoms. The van der Waals surface area contributed by atoms with Crippen LogP contribution in [0.2, 0.25) is 0 Å². The molecule has 0 aliphatic carbocycles. The van der Waals surface area contributed by atoms with Crippen molar-refractivity contribution >= 4 is 6.29 Å². The predicted octanol–water partition coefficient (Wildman–Crippen LogP) is 2.33. The number of aromatic nitrogens is 1. The zero-order valence-electron chi connectivity index (χ0n) is 9.66. The average Bonchev–Trinajstić information content (AvgIpc) is 2.28. The van der Waals surface area contributed by atoms with Crippen LogP contribution in [-0.2, 0) is 11.3 Å². The van der Waals surface area contributed by atoms with Gasteiger partial charge in [-0.15, -0.1) is 0 Å². The standard InChI is InChI=1S/C9H14N2.C2HF3O/c1-8(2)11-7-9-5-3-4-6-10-9;3-2(4,5)1-6/h3-6,8,11H,7H2,1-2H3;1H. The lowest BCUT2D eigenvalue weighted by atomic mass is 10.3. The van der Waals surface area contributed by atoms with Gasteiger partial charge in [-0.25, -0.2) is 0 Å². The molecular formula is C11H15F3N2O. The Hall–Kier alpha value is -1.43. The Morgan fingerprint density at radius 1 is 1.41 bits per heavy atom. The molecule has 0 saturated carbocycles. The first kappa shape index (κ1) is 15.6. The number of carbonyl (C=O) groups is 1. The molecule has 1 aromatic rings. The number of halogens is 3. The molecule has 1 N–H and O–H groups in total. The van der Waals surface area contributed by atoms with Crippen molar-refractivity contribution in [1.82, 2.24) is 10.3 Å². The predicted molar refractivity (Wildman–Crippen MR) is 58.3 cm³/mol. The number of rotatable bonds is 3. The molecule has 0 saturated heterocycles. The number of nitrogens with zero attached hydrogens (tertiary/aromatic N) is 1. The Morgan fingerprint density at radius 2 is 2.00 bits per heavy atom. The van der Waals surface area contributed by atoms with Crippen molar-refractivity contribution in [1.29, 1.82) is 0 Å². The molecule has 0 bridgehead atoms. The van der Waals surface area contributed by atoms with Gasteiger partial charge in [0.15, 0.2) is 0 Å². The molecule has 17 heavy (non-hydrogen) atoms. The summed E-state index contributed by atoms with van der Waals surface area (Å²) in [5.41, 5.74) is 1.10. The van der Waals surface area contributed by atoms with E-state index in [1.54, 1.807) is 0 Å².